The SMILES string of the molecule is Oc1c(C[NH+]2CCOCC2)cc(Cl)c2cccnc12. The van der Waals surface area contributed by atoms with Gasteiger partial charge >= 0.3 is 0 Å². The number of phenolic OH excluding ortho intramolecular Hbond substituents is 1. The molecule has 3 rings (SSSR count). The van der Waals surface area contributed by atoms with Gasteiger partial charge in [-0.15, -0.1) is 0 Å². The maximum absolute atomic E-state index is 10.3. The highest BCUT2D eigenvalue weighted by atomic mass is 35.5. The van der Waals surface area contributed by atoms with Crippen LogP contribution in [0, 0.1) is 0 Å². The zero-order valence-electron chi connectivity index (χ0n) is 10.5. The first kappa shape index (κ1) is 12.7. The van der Waals surface area contributed by atoms with Gasteiger partial charge in [0.25, 0.3) is 0 Å². The van der Waals surface area contributed by atoms with Crippen LogP contribution in [0.5, 0.6) is 5.75 Å². The minimum Gasteiger partial charge on any atom is -0.505 e. The number of morpholine rings is 1. The van der Waals surface area contributed by atoms with Crippen molar-refractivity contribution in [2.24, 2.45) is 0 Å². The summed E-state index contributed by atoms with van der Waals surface area (Å²) in [5.74, 6) is 0.249. The standard InChI is InChI=1S/C14H15ClN2O2/c15-12-8-10(9-17-4-6-19-7-5-17)14(18)13-11(12)2-1-3-16-13/h1-3,8,18H,4-7,9H2/p+1. The summed E-state index contributed by atoms with van der Waals surface area (Å²) in [7, 11) is 0. The van der Waals surface area contributed by atoms with Crippen LogP contribution in [0.15, 0.2) is 24.4 Å². The second-order valence-corrected chi connectivity index (χ2v) is 5.21. The molecule has 2 aromatic rings. The van der Waals surface area contributed by atoms with Crippen molar-refractivity contribution < 1.29 is 14.7 Å². The van der Waals surface area contributed by atoms with Crippen LogP contribution in [0.3, 0.4) is 0 Å². The largest absolute Gasteiger partial charge is 0.505 e. The molecule has 4 nitrogen and oxygen atoms in total. The molecule has 0 radical (unpaired) electrons. The van der Waals surface area contributed by atoms with Crippen LogP contribution in [0.2, 0.25) is 5.02 Å². The van der Waals surface area contributed by atoms with Gasteiger partial charge in [0.15, 0.2) is 5.75 Å². The van der Waals surface area contributed by atoms with Crippen molar-refractivity contribution >= 4 is 22.5 Å². The summed E-state index contributed by atoms with van der Waals surface area (Å²) in [5, 5.41) is 11.8. The number of ether oxygens (including phenoxy) is 1. The highest BCUT2D eigenvalue weighted by Gasteiger charge is 2.18. The summed E-state index contributed by atoms with van der Waals surface area (Å²) >= 11 is 6.27. The molecule has 0 aliphatic carbocycles. The lowest BCUT2D eigenvalue weighted by Crippen LogP contribution is -3.12. The molecule has 1 aliphatic rings. The van der Waals surface area contributed by atoms with Gasteiger partial charge in [0.2, 0.25) is 0 Å². The number of quaternary nitrogens is 1. The number of hydrogen-bond donors (Lipinski definition) is 2. The van der Waals surface area contributed by atoms with Crippen molar-refractivity contribution in [3.63, 3.8) is 0 Å². The number of nitrogens with zero attached hydrogens (tertiary/aromatic N) is 1. The van der Waals surface area contributed by atoms with Gasteiger partial charge in [-0.05, 0) is 18.2 Å². The minimum atomic E-state index is 0.249. The quantitative estimate of drug-likeness (QED) is 0.863. The fraction of sp³-hybridized carbons (Fsp3) is 0.357. The Morgan fingerprint density at radius 1 is 1.37 bits per heavy atom. The van der Waals surface area contributed by atoms with E-state index in [0.717, 1.165) is 43.8 Å². The third-order valence-electron chi connectivity index (χ3n) is 3.53. The van der Waals surface area contributed by atoms with E-state index in [2.05, 4.69) is 4.98 Å². The van der Waals surface area contributed by atoms with E-state index in [1.54, 1.807) is 6.20 Å². The van der Waals surface area contributed by atoms with Crippen molar-refractivity contribution in [1.29, 1.82) is 0 Å². The molecular weight excluding hydrogens is 264 g/mol. The number of halogens is 1. The number of phenols is 1. The second-order valence-electron chi connectivity index (χ2n) is 4.80. The van der Waals surface area contributed by atoms with Gasteiger partial charge in [0.05, 0.1) is 23.8 Å². The summed E-state index contributed by atoms with van der Waals surface area (Å²) in [6.45, 7) is 4.21. The average molecular weight is 280 g/mol. The zero-order valence-corrected chi connectivity index (χ0v) is 11.3. The monoisotopic (exact) mass is 279 g/mol. The topological polar surface area (TPSA) is 46.8 Å². The molecule has 1 saturated heterocycles. The molecule has 2 N–H and O–H groups in total. The Bertz CT molecular complexity index is 597. The molecule has 5 heteroatoms. The number of fused-ring (bicyclic) bond motifs is 1. The number of rotatable bonds is 2. The van der Waals surface area contributed by atoms with Crippen LogP contribution >= 0.6 is 11.6 Å². The number of nitrogens with one attached hydrogen (secondary N) is 1. The van der Waals surface area contributed by atoms with E-state index in [0.29, 0.717) is 10.5 Å². The molecule has 0 amide bonds. The van der Waals surface area contributed by atoms with Gasteiger partial charge in [-0.2, -0.15) is 0 Å². The highest BCUT2D eigenvalue weighted by Crippen LogP contribution is 2.32. The molecule has 0 spiro atoms. The Labute approximate surface area is 116 Å². The minimum absolute atomic E-state index is 0.249. The van der Waals surface area contributed by atoms with Crippen molar-refractivity contribution in [3.05, 3.63) is 35.0 Å². The van der Waals surface area contributed by atoms with Gasteiger partial charge in [0.1, 0.15) is 25.2 Å². The van der Waals surface area contributed by atoms with Crippen LogP contribution in [0.4, 0.5) is 0 Å². The highest BCUT2D eigenvalue weighted by molar-refractivity contribution is 6.35. The first-order valence-electron chi connectivity index (χ1n) is 6.42. The van der Waals surface area contributed by atoms with E-state index in [1.807, 2.05) is 18.2 Å². The molecule has 0 unspecified atom stereocenters. The van der Waals surface area contributed by atoms with Crippen LogP contribution in [-0.4, -0.2) is 36.4 Å². The lowest BCUT2D eigenvalue weighted by atomic mass is 10.1. The van der Waals surface area contributed by atoms with E-state index in [9.17, 15) is 5.11 Å². The molecule has 0 saturated carbocycles. The Morgan fingerprint density at radius 2 is 2.16 bits per heavy atom. The van der Waals surface area contributed by atoms with Gasteiger partial charge in [0, 0.05) is 11.6 Å². The Hall–Kier alpha value is -1.36. The molecule has 0 bridgehead atoms. The molecule has 100 valence electrons. The van der Waals surface area contributed by atoms with E-state index in [4.69, 9.17) is 16.3 Å². The van der Waals surface area contributed by atoms with E-state index in [1.165, 1.54) is 4.90 Å². The van der Waals surface area contributed by atoms with Crippen molar-refractivity contribution in [1.82, 2.24) is 4.98 Å². The normalized spacial score (nSPS) is 16.9. The summed E-state index contributed by atoms with van der Waals surface area (Å²) in [6, 6.07) is 5.54. The van der Waals surface area contributed by atoms with Crippen molar-refractivity contribution in [3.8, 4) is 5.75 Å². The summed E-state index contributed by atoms with van der Waals surface area (Å²) in [6.07, 6.45) is 1.67. The summed E-state index contributed by atoms with van der Waals surface area (Å²) in [5.41, 5.74) is 1.44. The van der Waals surface area contributed by atoms with Crippen molar-refractivity contribution in [2.45, 2.75) is 6.54 Å². The number of pyridine rings is 1. The van der Waals surface area contributed by atoms with Crippen LogP contribution in [-0.2, 0) is 11.3 Å². The lowest BCUT2D eigenvalue weighted by Gasteiger charge is -2.24. The molecule has 0 atom stereocenters. The lowest BCUT2D eigenvalue weighted by molar-refractivity contribution is -0.921. The first-order valence-corrected chi connectivity index (χ1v) is 6.80. The van der Waals surface area contributed by atoms with Crippen LogP contribution < -0.4 is 4.90 Å². The maximum atomic E-state index is 10.3. The fourth-order valence-electron chi connectivity index (χ4n) is 2.48. The van der Waals surface area contributed by atoms with E-state index in [-0.39, 0.29) is 5.75 Å². The molecule has 1 fully saturated rings. The van der Waals surface area contributed by atoms with Gasteiger partial charge in [-0.25, -0.2) is 0 Å². The van der Waals surface area contributed by atoms with E-state index >= 15 is 0 Å². The predicted octanol–water partition coefficient (Wildman–Crippen LogP) is 1.01. The number of hydrogen-bond acceptors (Lipinski definition) is 3. The number of aromatic hydroxyl groups is 1. The zero-order chi connectivity index (χ0) is 13.2. The molecule has 2 heterocycles. The molecule has 1 aliphatic heterocycles. The maximum Gasteiger partial charge on any atom is 0.150 e. The second kappa shape index (κ2) is 5.33. The number of benzene rings is 1. The Morgan fingerprint density at radius 3 is 2.95 bits per heavy atom. The number of aromatic nitrogens is 1. The van der Waals surface area contributed by atoms with Crippen LogP contribution in [0.1, 0.15) is 5.56 Å². The Balaban J connectivity index is 1.97. The van der Waals surface area contributed by atoms with Gasteiger partial charge in [-0.1, -0.05) is 11.6 Å². The molecule has 1 aromatic heterocycles. The van der Waals surface area contributed by atoms with Gasteiger partial charge < -0.3 is 14.7 Å². The Kier molecular flexibility index (Phi) is 3.55. The summed E-state index contributed by atoms with van der Waals surface area (Å²) in [4.78, 5) is 5.62. The van der Waals surface area contributed by atoms with E-state index < -0.39 is 0 Å². The smallest absolute Gasteiger partial charge is 0.150 e. The molecule has 1 aromatic carbocycles. The third kappa shape index (κ3) is 2.52. The van der Waals surface area contributed by atoms with Gasteiger partial charge in [-0.3, -0.25) is 4.98 Å². The average Bonchev–Trinajstić information content (AvgIpc) is 2.46. The molecule has 19 heavy (non-hydrogen) atoms. The third-order valence-corrected chi connectivity index (χ3v) is 3.85. The fourth-order valence-corrected chi connectivity index (χ4v) is 2.76. The molecular formula is C14H16ClN2O2+. The summed E-state index contributed by atoms with van der Waals surface area (Å²) < 4.78 is 5.34. The predicted molar refractivity (Wildman–Crippen MR) is 73.6 cm³/mol. The van der Waals surface area contributed by atoms with Crippen LogP contribution in [0.25, 0.3) is 10.9 Å². The van der Waals surface area contributed by atoms with Crippen molar-refractivity contribution in [2.75, 3.05) is 26.3 Å². The first-order chi connectivity index (χ1) is 9.25.